The highest BCUT2D eigenvalue weighted by Crippen LogP contribution is 2.40. The molecule has 4 fully saturated rings. The zero-order valence-electron chi connectivity index (χ0n) is 30.0. The second-order valence-corrected chi connectivity index (χ2v) is 14.0. The van der Waals surface area contributed by atoms with Crippen LogP contribution in [0.2, 0.25) is 0 Å². The summed E-state index contributed by atoms with van der Waals surface area (Å²) in [5.74, 6) is 0.792. The summed E-state index contributed by atoms with van der Waals surface area (Å²) in [6.45, 7) is 10.0. The fraction of sp³-hybridized carbons (Fsp3) is 0.488. The van der Waals surface area contributed by atoms with Gasteiger partial charge < -0.3 is 42.6 Å². The Kier molecular flexibility index (Phi) is 12.9. The van der Waals surface area contributed by atoms with Crippen LogP contribution in [0.1, 0.15) is 55.1 Å². The summed E-state index contributed by atoms with van der Waals surface area (Å²) >= 11 is 0. The molecule has 11 atom stereocenters. The molecule has 3 aromatic carbocycles. The third-order valence-electron chi connectivity index (χ3n) is 10.5. The summed E-state index contributed by atoms with van der Waals surface area (Å²) in [6, 6.07) is 28.2. The van der Waals surface area contributed by atoms with Gasteiger partial charge in [0.15, 0.2) is 6.29 Å². The molecular weight excluding hydrogens is 660 g/mol. The first-order valence-electron chi connectivity index (χ1n) is 18.6. The molecule has 0 spiro atoms. The van der Waals surface area contributed by atoms with Gasteiger partial charge in [0, 0.05) is 18.4 Å². The molecule has 4 aliphatic rings. The highest BCUT2D eigenvalue weighted by atomic mass is 16.7. The van der Waals surface area contributed by atoms with Gasteiger partial charge >= 0.3 is 0 Å². The van der Waals surface area contributed by atoms with Crippen molar-refractivity contribution in [2.45, 2.75) is 113 Å². The van der Waals surface area contributed by atoms with Crippen LogP contribution in [-0.2, 0) is 51.1 Å². The lowest BCUT2D eigenvalue weighted by Crippen LogP contribution is -2.54. The Labute approximate surface area is 307 Å². The molecule has 0 amide bonds. The van der Waals surface area contributed by atoms with Crippen LogP contribution >= 0.6 is 0 Å². The number of benzene rings is 3. The molecule has 0 aliphatic carbocycles. The van der Waals surface area contributed by atoms with E-state index in [-0.39, 0.29) is 61.0 Å². The first-order chi connectivity index (χ1) is 25.6. The van der Waals surface area contributed by atoms with Crippen LogP contribution in [0.25, 0.3) is 0 Å². The van der Waals surface area contributed by atoms with Crippen LogP contribution in [0.4, 0.5) is 0 Å². The van der Waals surface area contributed by atoms with Gasteiger partial charge in [0.25, 0.3) is 0 Å². The molecule has 0 N–H and O–H groups in total. The maximum atomic E-state index is 6.99. The summed E-state index contributed by atoms with van der Waals surface area (Å²) in [7, 11) is 1.66. The van der Waals surface area contributed by atoms with Gasteiger partial charge in [-0.15, -0.1) is 13.2 Å². The first-order valence-corrected chi connectivity index (χ1v) is 18.6. The maximum Gasteiger partial charge on any atom is 0.184 e. The van der Waals surface area contributed by atoms with E-state index in [1.807, 2.05) is 72.8 Å². The van der Waals surface area contributed by atoms with Crippen molar-refractivity contribution in [1.29, 1.82) is 0 Å². The smallest absolute Gasteiger partial charge is 0.184 e. The molecule has 0 bridgehead atoms. The predicted octanol–water partition coefficient (Wildman–Crippen LogP) is 7.29. The van der Waals surface area contributed by atoms with Crippen molar-refractivity contribution in [3.8, 4) is 5.75 Å². The fourth-order valence-electron chi connectivity index (χ4n) is 7.71. The summed E-state index contributed by atoms with van der Waals surface area (Å²) in [6.07, 6.45) is 4.77. The molecular formula is C43H52O9. The third kappa shape index (κ3) is 9.21. The normalized spacial score (nSPS) is 33.2. The Morgan fingerprint density at radius 3 is 2.13 bits per heavy atom. The minimum atomic E-state index is -0.468. The van der Waals surface area contributed by atoms with Gasteiger partial charge in [0.1, 0.15) is 24.1 Å². The van der Waals surface area contributed by atoms with Gasteiger partial charge in [-0.25, -0.2) is 0 Å². The number of hydrogen-bond acceptors (Lipinski definition) is 9. The first kappa shape index (κ1) is 37.0. The minimum absolute atomic E-state index is 0.0854. The third-order valence-corrected chi connectivity index (χ3v) is 10.5. The van der Waals surface area contributed by atoms with E-state index in [2.05, 4.69) is 37.4 Å². The summed E-state index contributed by atoms with van der Waals surface area (Å²) in [5.41, 5.74) is 3.16. The van der Waals surface area contributed by atoms with Crippen molar-refractivity contribution in [3.63, 3.8) is 0 Å². The van der Waals surface area contributed by atoms with Crippen molar-refractivity contribution in [1.82, 2.24) is 0 Å². The van der Waals surface area contributed by atoms with E-state index >= 15 is 0 Å². The van der Waals surface area contributed by atoms with E-state index in [1.54, 1.807) is 7.11 Å². The zero-order valence-corrected chi connectivity index (χ0v) is 30.0. The molecule has 9 heteroatoms. The highest BCUT2D eigenvalue weighted by molar-refractivity contribution is 5.28. The summed E-state index contributed by atoms with van der Waals surface area (Å²) < 4.78 is 57.8. The van der Waals surface area contributed by atoms with Crippen molar-refractivity contribution in [2.24, 2.45) is 0 Å². The number of methoxy groups -OCH3 is 1. The molecule has 0 unspecified atom stereocenters. The minimum Gasteiger partial charge on any atom is -0.497 e. The van der Waals surface area contributed by atoms with E-state index in [4.69, 9.17) is 42.6 Å². The Morgan fingerprint density at radius 2 is 1.42 bits per heavy atom. The highest BCUT2D eigenvalue weighted by Gasteiger charge is 2.47. The van der Waals surface area contributed by atoms with Gasteiger partial charge in [-0.2, -0.15) is 0 Å². The van der Waals surface area contributed by atoms with Gasteiger partial charge in [-0.05, 0) is 42.5 Å². The number of rotatable bonds is 14. The van der Waals surface area contributed by atoms with Crippen molar-refractivity contribution in [3.05, 3.63) is 127 Å². The fourth-order valence-corrected chi connectivity index (χ4v) is 7.71. The Hall–Kier alpha value is -3.38. The number of hydrogen-bond donors (Lipinski definition) is 0. The second-order valence-electron chi connectivity index (χ2n) is 14.0. The van der Waals surface area contributed by atoms with Gasteiger partial charge in [0.05, 0.1) is 76.3 Å². The Balaban J connectivity index is 1.01. The zero-order chi connectivity index (χ0) is 35.7. The predicted molar refractivity (Wildman–Crippen MR) is 196 cm³/mol. The molecule has 0 aromatic heterocycles. The van der Waals surface area contributed by atoms with E-state index in [1.165, 1.54) is 0 Å². The summed E-state index contributed by atoms with van der Waals surface area (Å²) in [4.78, 5) is 0. The van der Waals surface area contributed by atoms with Crippen molar-refractivity contribution < 1.29 is 42.6 Å². The second kappa shape index (κ2) is 18.1. The lowest BCUT2D eigenvalue weighted by atomic mass is 9.94. The lowest BCUT2D eigenvalue weighted by Gasteiger charge is -2.45. The molecule has 0 saturated carbocycles. The van der Waals surface area contributed by atoms with E-state index in [0.29, 0.717) is 45.7 Å². The lowest BCUT2D eigenvalue weighted by molar-refractivity contribution is -0.307. The molecule has 9 nitrogen and oxygen atoms in total. The molecule has 4 aliphatic heterocycles. The summed E-state index contributed by atoms with van der Waals surface area (Å²) in [5, 5.41) is 0. The molecule has 52 heavy (non-hydrogen) atoms. The van der Waals surface area contributed by atoms with Crippen LogP contribution in [0.5, 0.6) is 5.75 Å². The van der Waals surface area contributed by atoms with E-state index in [9.17, 15) is 0 Å². The van der Waals surface area contributed by atoms with Gasteiger partial charge in [-0.3, -0.25) is 0 Å². The largest absolute Gasteiger partial charge is 0.497 e. The molecule has 7 rings (SSSR count). The SMILES string of the molecule is C=CC[C@@H]1O[C@@H]2C[C@@H]3O[C@H](c4ccc(OC)cc4)OC[C@H]3O[C@H]2CC[C@H]1O[C@H]1C[C@@H](OCc2ccccc2)[C@H](COCc2ccccc2)O[C@@H]1C=C. The van der Waals surface area contributed by atoms with Crippen molar-refractivity contribution >= 4 is 0 Å². The number of ether oxygens (including phenoxy) is 9. The molecule has 4 heterocycles. The van der Waals surface area contributed by atoms with Crippen LogP contribution in [0.3, 0.4) is 0 Å². The van der Waals surface area contributed by atoms with Crippen LogP contribution < -0.4 is 4.74 Å². The Morgan fingerprint density at radius 1 is 0.692 bits per heavy atom. The van der Waals surface area contributed by atoms with E-state index in [0.717, 1.165) is 35.3 Å². The topological polar surface area (TPSA) is 83.1 Å². The van der Waals surface area contributed by atoms with Gasteiger partial charge in [0.2, 0.25) is 0 Å². The molecule has 278 valence electrons. The van der Waals surface area contributed by atoms with Gasteiger partial charge in [-0.1, -0.05) is 84.9 Å². The average Bonchev–Trinajstić information content (AvgIpc) is 3.35. The van der Waals surface area contributed by atoms with E-state index < -0.39 is 6.29 Å². The average molecular weight is 713 g/mol. The molecule has 4 saturated heterocycles. The monoisotopic (exact) mass is 712 g/mol. The number of fused-ring (bicyclic) bond motifs is 2. The van der Waals surface area contributed by atoms with Crippen LogP contribution in [-0.4, -0.2) is 81.4 Å². The Bertz CT molecular complexity index is 1540. The quantitative estimate of drug-likeness (QED) is 0.160. The van der Waals surface area contributed by atoms with Crippen molar-refractivity contribution in [2.75, 3.05) is 20.3 Å². The van der Waals surface area contributed by atoms with Crippen LogP contribution in [0, 0.1) is 0 Å². The molecule has 3 aromatic rings. The van der Waals surface area contributed by atoms with Crippen LogP contribution in [0.15, 0.2) is 110 Å². The standard InChI is InChI=1S/C43H52O9/c1-4-12-34-35(21-22-36-39(49-34)24-40-42(51-36)28-47-43(52-40)31-17-19-32(44-3)20-18-31)50-38-23-37(46-26-30-15-10-7-11-16-30)41(48-33(38)5-2)27-45-25-29-13-8-6-9-14-29/h4-11,13-20,33-43H,1-2,12,21-28H2,3H3/t33-,34+,35-,36+,37-,38+,39-,40+,41+,42-,43-/m1/s1. The maximum absolute atomic E-state index is 6.99. The molecule has 0 radical (unpaired) electrons.